The van der Waals surface area contributed by atoms with Gasteiger partial charge in [-0.3, -0.25) is 0 Å². The minimum Gasteiger partial charge on any atom is -0.239 e. The number of benzene rings is 3. The van der Waals surface area contributed by atoms with Gasteiger partial charge in [-0.15, -0.1) is 0 Å². The maximum atomic E-state index is 4.65. The molecule has 5 aromatic rings. The molecule has 0 radical (unpaired) electrons. The number of pyridine rings is 2. The van der Waals surface area contributed by atoms with Crippen LogP contribution in [0.3, 0.4) is 0 Å². The van der Waals surface area contributed by atoms with E-state index >= 15 is 0 Å². The molecule has 32 heavy (non-hydrogen) atoms. The molecule has 0 bridgehead atoms. The van der Waals surface area contributed by atoms with Gasteiger partial charge >= 0.3 is 0 Å². The fraction of sp³-hybridized carbons (Fsp3) is 0. The minimum absolute atomic E-state index is 0.714. The molecule has 0 unspecified atom stereocenters. The van der Waals surface area contributed by atoms with Crippen LogP contribution in [0.15, 0.2) is 93.9 Å². The van der Waals surface area contributed by atoms with Crippen molar-refractivity contribution in [2.24, 2.45) is 0 Å². The Balaban J connectivity index is 1.55. The third-order valence-corrected chi connectivity index (χ3v) is 6.25. The van der Waals surface area contributed by atoms with Crippen LogP contribution < -0.4 is 0 Å². The third-order valence-electron chi connectivity index (χ3n) is 4.93. The maximum Gasteiger partial charge on any atom is 0.114 e. The summed E-state index contributed by atoms with van der Waals surface area (Å²) >= 11 is 7.25. The molecule has 5 rings (SSSR count). The van der Waals surface area contributed by atoms with Gasteiger partial charge < -0.3 is 0 Å². The molecule has 4 heteroatoms. The van der Waals surface area contributed by atoms with Crippen LogP contribution in [-0.4, -0.2) is 9.97 Å². The highest BCUT2D eigenvalue weighted by Crippen LogP contribution is 2.27. The standard InChI is InChI=1S/C28H14Br2N2/c29-25-17-18-26(30)24(16-14-22-12-10-20-6-2-4-8-28(20)32-22)23(25)15-13-21-11-9-19-5-1-3-7-27(19)31-21/h1-12,17-18H. The first-order valence-electron chi connectivity index (χ1n) is 9.91. The van der Waals surface area contributed by atoms with Gasteiger partial charge in [-0.1, -0.05) is 60.4 Å². The van der Waals surface area contributed by atoms with Gasteiger partial charge in [0, 0.05) is 19.7 Å². The van der Waals surface area contributed by atoms with Crippen molar-refractivity contribution in [1.82, 2.24) is 9.97 Å². The fourth-order valence-corrected chi connectivity index (χ4v) is 4.18. The number of hydrogen-bond donors (Lipinski definition) is 0. The largest absolute Gasteiger partial charge is 0.239 e. The van der Waals surface area contributed by atoms with Crippen molar-refractivity contribution in [3.63, 3.8) is 0 Å². The number of hydrogen-bond acceptors (Lipinski definition) is 2. The van der Waals surface area contributed by atoms with E-state index in [4.69, 9.17) is 0 Å². The molecular formula is C28H14Br2N2. The summed E-state index contributed by atoms with van der Waals surface area (Å²) in [4.78, 5) is 9.30. The molecule has 0 aliphatic carbocycles. The number of rotatable bonds is 0. The molecule has 2 heterocycles. The summed E-state index contributed by atoms with van der Waals surface area (Å²) in [6.07, 6.45) is 0. The maximum absolute atomic E-state index is 4.65. The van der Waals surface area contributed by atoms with E-state index in [0.717, 1.165) is 41.9 Å². The number of aromatic nitrogens is 2. The van der Waals surface area contributed by atoms with Crippen LogP contribution >= 0.6 is 31.9 Å². The highest BCUT2D eigenvalue weighted by Gasteiger charge is 2.08. The van der Waals surface area contributed by atoms with Crippen LogP contribution in [0.4, 0.5) is 0 Å². The Bertz CT molecular complexity index is 1490. The molecule has 0 saturated heterocycles. The van der Waals surface area contributed by atoms with Gasteiger partial charge in [0.05, 0.1) is 22.2 Å². The molecule has 0 atom stereocenters. The predicted octanol–water partition coefficient (Wildman–Crippen LogP) is 7.11. The average Bonchev–Trinajstić information content (AvgIpc) is 2.83. The van der Waals surface area contributed by atoms with E-state index < -0.39 is 0 Å². The smallest absolute Gasteiger partial charge is 0.114 e. The third kappa shape index (κ3) is 4.30. The number of nitrogens with zero attached hydrogens (tertiary/aromatic N) is 2. The van der Waals surface area contributed by atoms with E-state index in [0.29, 0.717) is 11.4 Å². The zero-order valence-electron chi connectivity index (χ0n) is 16.7. The van der Waals surface area contributed by atoms with Crippen LogP contribution in [-0.2, 0) is 0 Å². The zero-order valence-corrected chi connectivity index (χ0v) is 19.9. The van der Waals surface area contributed by atoms with Gasteiger partial charge in [-0.25, -0.2) is 9.97 Å². The molecule has 2 aromatic heterocycles. The second-order valence-electron chi connectivity index (χ2n) is 7.06. The minimum atomic E-state index is 0.714. The Morgan fingerprint density at radius 1 is 0.469 bits per heavy atom. The van der Waals surface area contributed by atoms with Gasteiger partial charge in [0.1, 0.15) is 11.4 Å². The Kier molecular flexibility index (Phi) is 5.73. The van der Waals surface area contributed by atoms with E-state index in [1.54, 1.807) is 0 Å². The summed E-state index contributed by atoms with van der Waals surface area (Å²) in [7, 11) is 0. The van der Waals surface area contributed by atoms with Crippen LogP contribution in [0.1, 0.15) is 22.5 Å². The molecule has 0 aliphatic heterocycles. The molecule has 0 fully saturated rings. The fourth-order valence-electron chi connectivity index (χ4n) is 3.32. The highest BCUT2D eigenvalue weighted by atomic mass is 79.9. The lowest BCUT2D eigenvalue weighted by atomic mass is 10.1. The van der Waals surface area contributed by atoms with Gasteiger partial charge in [0.2, 0.25) is 0 Å². The quantitative estimate of drug-likeness (QED) is 0.197. The zero-order chi connectivity index (χ0) is 21.9. The normalized spacial score (nSPS) is 10.3. The number of para-hydroxylation sites is 2. The topological polar surface area (TPSA) is 25.8 Å². The Morgan fingerprint density at radius 2 is 0.906 bits per heavy atom. The Morgan fingerprint density at radius 3 is 1.38 bits per heavy atom. The molecule has 0 amide bonds. The molecule has 150 valence electrons. The summed E-state index contributed by atoms with van der Waals surface area (Å²) in [6.45, 7) is 0. The summed E-state index contributed by atoms with van der Waals surface area (Å²) < 4.78 is 1.76. The lowest BCUT2D eigenvalue weighted by molar-refractivity contribution is 1.36. The summed E-state index contributed by atoms with van der Waals surface area (Å²) in [5.74, 6) is 12.9. The lowest BCUT2D eigenvalue weighted by Gasteiger charge is -2.03. The summed E-state index contributed by atoms with van der Waals surface area (Å²) in [5, 5.41) is 2.19. The number of fused-ring (bicyclic) bond motifs is 2. The molecular weight excluding hydrogens is 524 g/mol. The van der Waals surface area contributed by atoms with E-state index in [-0.39, 0.29) is 0 Å². The van der Waals surface area contributed by atoms with Crippen LogP contribution in [0.5, 0.6) is 0 Å². The molecule has 0 N–H and O–H groups in total. The lowest BCUT2D eigenvalue weighted by Crippen LogP contribution is -1.90. The highest BCUT2D eigenvalue weighted by molar-refractivity contribution is 9.11. The van der Waals surface area contributed by atoms with E-state index in [2.05, 4.69) is 65.5 Å². The second kappa shape index (κ2) is 8.97. The van der Waals surface area contributed by atoms with Crippen molar-refractivity contribution in [1.29, 1.82) is 0 Å². The van der Waals surface area contributed by atoms with E-state index in [1.807, 2.05) is 84.9 Å². The first-order chi connectivity index (χ1) is 15.7. The monoisotopic (exact) mass is 536 g/mol. The van der Waals surface area contributed by atoms with Crippen LogP contribution in [0, 0.1) is 23.7 Å². The van der Waals surface area contributed by atoms with Crippen LogP contribution in [0.25, 0.3) is 21.8 Å². The SMILES string of the molecule is Brc1ccc(Br)c(C#Cc2ccc3ccccc3n2)c1C#Cc1ccc2ccccc2n1. The summed E-state index contributed by atoms with van der Waals surface area (Å²) in [5.41, 5.74) is 4.90. The van der Waals surface area contributed by atoms with E-state index in [9.17, 15) is 0 Å². The molecule has 0 saturated carbocycles. The Labute approximate surface area is 203 Å². The summed E-state index contributed by atoms with van der Waals surface area (Å²) in [6, 6.07) is 27.9. The Hall–Kier alpha value is -3.44. The van der Waals surface area contributed by atoms with Crippen molar-refractivity contribution >= 4 is 53.7 Å². The first kappa shape index (κ1) is 20.5. The first-order valence-corrected chi connectivity index (χ1v) is 11.5. The van der Waals surface area contributed by atoms with Crippen molar-refractivity contribution < 1.29 is 0 Å². The van der Waals surface area contributed by atoms with Gasteiger partial charge in [-0.05, 0) is 80.1 Å². The molecule has 0 spiro atoms. The predicted molar refractivity (Wildman–Crippen MR) is 137 cm³/mol. The van der Waals surface area contributed by atoms with E-state index in [1.165, 1.54) is 0 Å². The van der Waals surface area contributed by atoms with Gasteiger partial charge in [0.15, 0.2) is 0 Å². The van der Waals surface area contributed by atoms with Crippen molar-refractivity contribution in [3.05, 3.63) is 116 Å². The van der Waals surface area contributed by atoms with Crippen molar-refractivity contribution in [3.8, 4) is 23.7 Å². The second-order valence-corrected chi connectivity index (χ2v) is 8.77. The number of halogens is 2. The molecule has 2 nitrogen and oxygen atoms in total. The molecule has 0 aliphatic rings. The van der Waals surface area contributed by atoms with Gasteiger partial charge in [0.25, 0.3) is 0 Å². The average molecular weight is 538 g/mol. The van der Waals surface area contributed by atoms with Gasteiger partial charge in [-0.2, -0.15) is 0 Å². The van der Waals surface area contributed by atoms with Crippen molar-refractivity contribution in [2.75, 3.05) is 0 Å². The molecule has 3 aromatic carbocycles. The van der Waals surface area contributed by atoms with Crippen LogP contribution in [0.2, 0.25) is 0 Å². The van der Waals surface area contributed by atoms with Crippen molar-refractivity contribution in [2.45, 2.75) is 0 Å².